The molecule has 1 aliphatic carbocycles. The lowest BCUT2D eigenvalue weighted by Gasteiger charge is -2.33. The van der Waals surface area contributed by atoms with Crippen molar-refractivity contribution < 1.29 is 14.6 Å². The van der Waals surface area contributed by atoms with Crippen molar-refractivity contribution in [3.05, 3.63) is 35.0 Å². The van der Waals surface area contributed by atoms with E-state index in [1.54, 1.807) is 0 Å². The third-order valence-electron chi connectivity index (χ3n) is 6.25. The monoisotopic (exact) mass is 356 g/mol. The Morgan fingerprint density at radius 3 is 2.85 bits per heavy atom. The first kappa shape index (κ1) is 17.6. The van der Waals surface area contributed by atoms with Crippen LogP contribution in [0.2, 0.25) is 0 Å². The van der Waals surface area contributed by atoms with Gasteiger partial charge in [0.05, 0.1) is 6.61 Å². The number of amides is 1. The van der Waals surface area contributed by atoms with Gasteiger partial charge in [0, 0.05) is 49.0 Å². The fourth-order valence-electron chi connectivity index (χ4n) is 4.81. The zero-order chi connectivity index (χ0) is 18.1. The van der Waals surface area contributed by atoms with Gasteiger partial charge in [-0.15, -0.1) is 0 Å². The van der Waals surface area contributed by atoms with E-state index >= 15 is 0 Å². The van der Waals surface area contributed by atoms with Gasteiger partial charge in [-0.25, -0.2) is 0 Å². The quantitative estimate of drug-likeness (QED) is 0.884. The van der Waals surface area contributed by atoms with Gasteiger partial charge in [-0.2, -0.15) is 0 Å². The first-order valence-corrected chi connectivity index (χ1v) is 9.76. The predicted octanol–water partition coefficient (Wildman–Crippen LogP) is 2.43. The van der Waals surface area contributed by atoms with Crippen LogP contribution in [0, 0.1) is 11.8 Å². The maximum absolute atomic E-state index is 12.3. The SMILES string of the molecule is Cn1c2c(c3cc(C(=O)NCCO)ccc31)CC(C1CCOCC1)CC2. The molecule has 1 saturated heterocycles. The van der Waals surface area contributed by atoms with Gasteiger partial charge >= 0.3 is 0 Å². The maximum Gasteiger partial charge on any atom is 0.251 e. The van der Waals surface area contributed by atoms with Crippen molar-refractivity contribution >= 4 is 16.8 Å². The number of aryl methyl sites for hydroxylation is 1. The second-order valence-electron chi connectivity index (χ2n) is 7.65. The molecule has 0 spiro atoms. The summed E-state index contributed by atoms with van der Waals surface area (Å²) in [6, 6.07) is 5.98. The van der Waals surface area contributed by atoms with Crippen molar-refractivity contribution in [3.8, 4) is 0 Å². The minimum Gasteiger partial charge on any atom is -0.395 e. The molecular formula is C21H28N2O3. The van der Waals surface area contributed by atoms with Gasteiger partial charge in [-0.05, 0) is 67.7 Å². The van der Waals surface area contributed by atoms with Gasteiger partial charge in [0.15, 0.2) is 0 Å². The molecule has 2 N–H and O–H groups in total. The van der Waals surface area contributed by atoms with Crippen molar-refractivity contribution in [1.29, 1.82) is 0 Å². The average Bonchev–Trinajstić information content (AvgIpc) is 2.98. The van der Waals surface area contributed by atoms with E-state index in [4.69, 9.17) is 9.84 Å². The first-order chi connectivity index (χ1) is 12.7. The number of aliphatic hydroxyl groups is 1. The smallest absolute Gasteiger partial charge is 0.251 e. The second-order valence-corrected chi connectivity index (χ2v) is 7.65. The van der Waals surface area contributed by atoms with Crippen LogP contribution >= 0.6 is 0 Å². The van der Waals surface area contributed by atoms with E-state index in [1.807, 2.05) is 12.1 Å². The maximum atomic E-state index is 12.3. The number of hydrogen-bond acceptors (Lipinski definition) is 3. The van der Waals surface area contributed by atoms with Crippen LogP contribution in [-0.4, -0.2) is 41.9 Å². The molecule has 1 aliphatic heterocycles. The fourth-order valence-corrected chi connectivity index (χ4v) is 4.81. The van der Waals surface area contributed by atoms with Crippen LogP contribution in [0.15, 0.2) is 18.2 Å². The molecule has 0 bridgehead atoms. The zero-order valence-electron chi connectivity index (χ0n) is 15.5. The van der Waals surface area contributed by atoms with E-state index < -0.39 is 0 Å². The molecular weight excluding hydrogens is 328 g/mol. The van der Waals surface area contributed by atoms with E-state index in [-0.39, 0.29) is 19.1 Å². The van der Waals surface area contributed by atoms with Gasteiger partial charge in [-0.3, -0.25) is 4.79 Å². The summed E-state index contributed by atoms with van der Waals surface area (Å²) in [4.78, 5) is 12.3. The summed E-state index contributed by atoms with van der Waals surface area (Å²) in [6.07, 6.45) is 5.85. The highest BCUT2D eigenvalue weighted by Crippen LogP contribution is 2.39. The van der Waals surface area contributed by atoms with Crippen LogP contribution in [0.25, 0.3) is 10.9 Å². The number of ether oxygens (including phenoxy) is 1. The van der Waals surface area contributed by atoms with Crippen molar-refractivity contribution in [2.45, 2.75) is 32.1 Å². The van der Waals surface area contributed by atoms with Crippen LogP contribution in [-0.2, 0) is 24.6 Å². The molecule has 2 aliphatic rings. The lowest BCUT2D eigenvalue weighted by atomic mass is 9.75. The van der Waals surface area contributed by atoms with E-state index in [0.717, 1.165) is 37.9 Å². The minimum absolute atomic E-state index is 0.0402. The number of fused-ring (bicyclic) bond motifs is 3. The van der Waals surface area contributed by atoms with Gasteiger partial charge in [0.2, 0.25) is 0 Å². The predicted molar refractivity (Wildman–Crippen MR) is 101 cm³/mol. The summed E-state index contributed by atoms with van der Waals surface area (Å²) in [5.74, 6) is 1.38. The molecule has 1 fully saturated rings. The minimum atomic E-state index is -0.115. The standard InChI is InChI=1S/C21H28N2O3/c1-23-19-4-2-15(14-6-10-26-11-7-14)12-17(19)18-13-16(3-5-20(18)23)21(25)22-8-9-24/h3,5,13-15,24H,2,4,6-12H2,1H3,(H,22,25). The van der Waals surface area contributed by atoms with Crippen LogP contribution in [0.4, 0.5) is 0 Å². The summed E-state index contributed by atoms with van der Waals surface area (Å²) in [5.41, 5.74) is 4.74. The normalized spacial score (nSPS) is 20.9. The molecule has 2 heterocycles. The molecule has 26 heavy (non-hydrogen) atoms. The molecule has 1 aromatic heterocycles. The Hall–Kier alpha value is -1.85. The van der Waals surface area contributed by atoms with E-state index in [1.165, 1.54) is 41.4 Å². The van der Waals surface area contributed by atoms with Gasteiger partial charge in [0.1, 0.15) is 0 Å². The Bertz CT molecular complexity index is 805. The number of carbonyl (C=O) groups is 1. The number of hydrogen-bond donors (Lipinski definition) is 2. The Morgan fingerprint density at radius 1 is 1.27 bits per heavy atom. The molecule has 1 atom stereocenters. The van der Waals surface area contributed by atoms with Crippen LogP contribution in [0.1, 0.15) is 40.9 Å². The molecule has 1 unspecified atom stereocenters. The highest BCUT2D eigenvalue weighted by Gasteiger charge is 2.30. The second kappa shape index (κ2) is 7.41. The van der Waals surface area contributed by atoms with Crippen molar-refractivity contribution in [1.82, 2.24) is 9.88 Å². The van der Waals surface area contributed by atoms with E-state index in [2.05, 4.69) is 23.0 Å². The Morgan fingerprint density at radius 2 is 2.08 bits per heavy atom. The van der Waals surface area contributed by atoms with Crippen molar-refractivity contribution in [2.24, 2.45) is 18.9 Å². The molecule has 1 amide bonds. The molecule has 0 radical (unpaired) electrons. The topological polar surface area (TPSA) is 63.5 Å². The Kier molecular flexibility index (Phi) is 5.00. The number of nitrogens with zero attached hydrogens (tertiary/aromatic N) is 1. The Balaban J connectivity index is 1.65. The highest BCUT2D eigenvalue weighted by molar-refractivity contribution is 5.99. The van der Waals surface area contributed by atoms with Gasteiger partial charge in [-0.1, -0.05) is 0 Å². The number of benzene rings is 1. The molecule has 0 saturated carbocycles. The van der Waals surface area contributed by atoms with Crippen molar-refractivity contribution in [2.75, 3.05) is 26.4 Å². The van der Waals surface area contributed by atoms with Crippen LogP contribution in [0.3, 0.4) is 0 Å². The van der Waals surface area contributed by atoms with Crippen molar-refractivity contribution in [3.63, 3.8) is 0 Å². The van der Waals surface area contributed by atoms with Crippen LogP contribution in [0.5, 0.6) is 0 Å². The number of rotatable bonds is 4. The lowest BCUT2D eigenvalue weighted by Crippen LogP contribution is -2.28. The van der Waals surface area contributed by atoms with E-state index in [0.29, 0.717) is 5.56 Å². The number of aliphatic hydroxyl groups excluding tert-OH is 1. The third kappa shape index (κ3) is 3.14. The molecule has 1 aromatic carbocycles. The first-order valence-electron chi connectivity index (χ1n) is 9.76. The zero-order valence-corrected chi connectivity index (χ0v) is 15.5. The molecule has 5 nitrogen and oxygen atoms in total. The fraction of sp³-hybridized carbons (Fsp3) is 0.571. The number of aromatic nitrogens is 1. The van der Waals surface area contributed by atoms with Gasteiger partial charge < -0.3 is 19.7 Å². The number of nitrogens with one attached hydrogen (secondary N) is 1. The third-order valence-corrected chi connectivity index (χ3v) is 6.25. The van der Waals surface area contributed by atoms with Crippen LogP contribution < -0.4 is 5.32 Å². The highest BCUT2D eigenvalue weighted by atomic mass is 16.5. The number of carbonyl (C=O) groups excluding carboxylic acids is 1. The summed E-state index contributed by atoms with van der Waals surface area (Å²) < 4.78 is 7.85. The molecule has 5 heteroatoms. The summed E-state index contributed by atoms with van der Waals surface area (Å²) in [5, 5.41) is 12.9. The van der Waals surface area contributed by atoms with Gasteiger partial charge in [0.25, 0.3) is 5.91 Å². The largest absolute Gasteiger partial charge is 0.395 e. The Labute approximate surface area is 154 Å². The summed E-state index contributed by atoms with van der Waals surface area (Å²) in [6.45, 7) is 2.05. The molecule has 140 valence electrons. The van der Waals surface area contributed by atoms with E-state index in [9.17, 15) is 4.79 Å². The summed E-state index contributed by atoms with van der Waals surface area (Å²) >= 11 is 0. The average molecular weight is 356 g/mol. The molecule has 4 rings (SSSR count). The lowest BCUT2D eigenvalue weighted by molar-refractivity contribution is 0.0439. The summed E-state index contributed by atoms with van der Waals surface area (Å²) in [7, 11) is 2.14. The molecule has 2 aromatic rings.